The van der Waals surface area contributed by atoms with E-state index >= 15 is 0 Å². The van der Waals surface area contributed by atoms with Crippen molar-refractivity contribution in [1.29, 1.82) is 0 Å². The highest BCUT2D eigenvalue weighted by atomic mass is 28.3. The maximum Gasteiger partial charge on any atom is 0.411 e. The SMILES string of the molecule is CCCOC(=O)Nc1ccc(-c2c3nc4c(cnn4c2N)C(=O)NC[Si](C)Oc2ncc(F)cc2CN3)cc1. The number of carbonyl (C=O) groups is 2. The second-order valence-electron chi connectivity index (χ2n) is 8.81. The number of hydrogen-bond acceptors (Lipinski definition) is 9. The molecule has 0 aliphatic carbocycles. The number of pyridine rings is 1. The third-order valence-corrected chi connectivity index (χ3v) is 7.11. The summed E-state index contributed by atoms with van der Waals surface area (Å²) in [5.41, 5.74) is 9.26. The third kappa shape index (κ3) is 5.45. The molecule has 201 valence electrons. The van der Waals surface area contributed by atoms with Crippen molar-refractivity contribution in [3.63, 3.8) is 0 Å². The summed E-state index contributed by atoms with van der Waals surface area (Å²) >= 11 is 0. The van der Waals surface area contributed by atoms with Crippen LogP contribution in [0.4, 0.5) is 26.5 Å². The van der Waals surface area contributed by atoms with Crippen LogP contribution in [0.2, 0.25) is 6.55 Å². The van der Waals surface area contributed by atoms with Crippen molar-refractivity contribution < 1.29 is 23.1 Å². The number of hydrogen-bond donors (Lipinski definition) is 4. The van der Waals surface area contributed by atoms with Crippen LogP contribution in [-0.2, 0) is 11.3 Å². The number of nitrogens with zero attached hydrogens (tertiary/aromatic N) is 4. The Morgan fingerprint density at radius 2 is 2.08 bits per heavy atom. The van der Waals surface area contributed by atoms with Gasteiger partial charge in [0.05, 0.1) is 24.6 Å². The number of anilines is 3. The second-order valence-corrected chi connectivity index (χ2v) is 10.8. The van der Waals surface area contributed by atoms with E-state index in [4.69, 9.17) is 19.9 Å². The van der Waals surface area contributed by atoms with Crippen LogP contribution in [0, 0.1) is 5.82 Å². The van der Waals surface area contributed by atoms with Crippen molar-refractivity contribution in [2.24, 2.45) is 0 Å². The molecule has 2 bridgehead atoms. The highest BCUT2D eigenvalue weighted by molar-refractivity contribution is 6.51. The highest BCUT2D eigenvalue weighted by Crippen LogP contribution is 2.35. The third-order valence-electron chi connectivity index (χ3n) is 5.89. The van der Waals surface area contributed by atoms with Gasteiger partial charge in [-0.3, -0.25) is 10.1 Å². The Morgan fingerprint density at radius 1 is 1.28 bits per heavy atom. The largest absolute Gasteiger partial charge is 0.527 e. The van der Waals surface area contributed by atoms with Crippen molar-refractivity contribution >= 4 is 44.0 Å². The predicted molar refractivity (Wildman–Crippen MR) is 144 cm³/mol. The fourth-order valence-corrected chi connectivity index (χ4v) is 5.02. The molecule has 0 fully saturated rings. The molecule has 4 heterocycles. The van der Waals surface area contributed by atoms with Crippen LogP contribution in [0.5, 0.6) is 5.88 Å². The minimum Gasteiger partial charge on any atom is -0.527 e. The van der Waals surface area contributed by atoms with Gasteiger partial charge < -0.3 is 25.5 Å². The Labute approximate surface area is 224 Å². The van der Waals surface area contributed by atoms with E-state index < -0.39 is 21.0 Å². The first kappa shape index (κ1) is 25.9. The van der Waals surface area contributed by atoms with E-state index in [-0.39, 0.29) is 41.5 Å². The van der Waals surface area contributed by atoms with Gasteiger partial charge in [0.15, 0.2) is 5.65 Å². The number of aromatic nitrogens is 4. The molecule has 0 spiro atoms. The maximum absolute atomic E-state index is 14.1. The van der Waals surface area contributed by atoms with Gasteiger partial charge in [-0.25, -0.2) is 19.2 Å². The quantitative estimate of drug-likeness (QED) is 0.280. The monoisotopic (exact) mass is 549 g/mol. The van der Waals surface area contributed by atoms with Gasteiger partial charge in [-0.15, -0.1) is 0 Å². The molecule has 5 rings (SSSR count). The molecule has 0 unspecified atom stereocenters. The Kier molecular flexibility index (Phi) is 7.27. The number of ether oxygens (including phenoxy) is 1. The lowest BCUT2D eigenvalue weighted by atomic mass is 10.1. The van der Waals surface area contributed by atoms with Gasteiger partial charge in [0.25, 0.3) is 14.9 Å². The van der Waals surface area contributed by atoms with E-state index in [1.165, 1.54) is 16.8 Å². The lowest BCUT2D eigenvalue weighted by Crippen LogP contribution is -2.37. The fourth-order valence-electron chi connectivity index (χ4n) is 4.02. The van der Waals surface area contributed by atoms with E-state index in [0.29, 0.717) is 41.2 Å². The summed E-state index contributed by atoms with van der Waals surface area (Å²) < 4.78 is 26.6. The van der Waals surface area contributed by atoms with Gasteiger partial charge in [-0.05, 0) is 36.7 Å². The van der Waals surface area contributed by atoms with Crippen LogP contribution >= 0.6 is 0 Å². The van der Waals surface area contributed by atoms with E-state index in [0.717, 1.165) is 6.20 Å². The molecule has 4 aromatic rings. The summed E-state index contributed by atoms with van der Waals surface area (Å²) in [5, 5.41) is 13.0. The first-order valence-electron chi connectivity index (χ1n) is 12.2. The van der Waals surface area contributed by atoms with Gasteiger partial charge in [0.1, 0.15) is 23.0 Å². The van der Waals surface area contributed by atoms with E-state index in [9.17, 15) is 14.0 Å². The molecule has 1 aromatic carbocycles. The average Bonchev–Trinajstić information content (AvgIpc) is 3.35. The standard InChI is InChI=1S/C25H26FN8O4Si/c1-3-8-37-25(36)32-17-6-4-14(5-7-17)19-20(27)34-22-18(12-31-34)23(35)30-13-39(2)38-24-15(9-16(26)11-29-24)10-28-21(19)33-22/h4-7,9,11-12H,3,8,10,13,27H2,1-2H3,(H,28,33)(H,30,35)(H,32,36). The fraction of sp³-hybridized carbons (Fsp3) is 0.240. The molecule has 0 saturated heterocycles. The molecular weight excluding hydrogens is 523 g/mol. The molecular formula is C25H26FN8O4Si. The molecule has 2 amide bonds. The molecule has 39 heavy (non-hydrogen) atoms. The zero-order valence-electron chi connectivity index (χ0n) is 21.2. The first-order chi connectivity index (χ1) is 18.8. The number of nitrogen functional groups attached to an aromatic ring is 1. The zero-order valence-corrected chi connectivity index (χ0v) is 22.2. The van der Waals surface area contributed by atoms with Crippen molar-refractivity contribution in [3.8, 4) is 17.0 Å². The number of nitrogens with one attached hydrogen (secondary N) is 3. The lowest BCUT2D eigenvalue weighted by molar-refractivity contribution is 0.0960. The molecule has 12 nitrogen and oxygen atoms in total. The van der Waals surface area contributed by atoms with Gasteiger partial charge in [0, 0.05) is 24.0 Å². The number of fused-ring (bicyclic) bond motifs is 2. The van der Waals surface area contributed by atoms with Gasteiger partial charge in [-0.2, -0.15) is 9.61 Å². The highest BCUT2D eigenvalue weighted by Gasteiger charge is 2.24. The van der Waals surface area contributed by atoms with Crippen LogP contribution in [0.15, 0.2) is 42.7 Å². The molecule has 1 radical (unpaired) electrons. The Hall–Kier alpha value is -4.72. The molecule has 0 atom stereocenters. The Bertz CT molecular complexity index is 1550. The molecule has 14 heteroatoms. The molecule has 1 aliphatic heterocycles. The van der Waals surface area contributed by atoms with E-state index in [1.807, 2.05) is 13.5 Å². The smallest absolute Gasteiger partial charge is 0.411 e. The maximum atomic E-state index is 14.1. The minimum atomic E-state index is -1.55. The number of halogens is 1. The van der Waals surface area contributed by atoms with Crippen LogP contribution in [0.25, 0.3) is 16.8 Å². The Balaban J connectivity index is 1.57. The molecule has 0 saturated carbocycles. The van der Waals surface area contributed by atoms with Gasteiger partial charge >= 0.3 is 6.09 Å². The number of amides is 2. The molecule has 5 N–H and O–H groups in total. The molecule has 1 aliphatic rings. The zero-order chi connectivity index (χ0) is 27.5. The summed E-state index contributed by atoms with van der Waals surface area (Å²) in [7, 11) is -1.55. The number of carbonyl (C=O) groups excluding carboxylic acids is 2. The van der Waals surface area contributed by atoms with Crippen molar-refractivity contribution in [2.45, 2.75) is 26.4 Å². The summed E-state index contributed by atoms with van der Waals surface area (Å²) in [5.74, 6) is -0.0377. The minimum absolute atomic E-state index is 0.124. The number of rotatable bonds is 4. The van der Waals surface area contributed by atoms with Crippen molar-refractivity contribution in [3.05, 3.63) is 59.7 Å². The van der Waals surface area contributed by atoms with Crippen molar-refractivity contribution in [2.75, 3.05) is 29.1 Å². The summed E-state index contributed by atoms with van der Waals surface area (Å²) in [6.07, 6.45) is 2.94. The van der Waals surface area contributed by atoms with Crippen LogP contribution in [-0.4, -0.2) is 53.4 Å². The van der Waals surface area contributed by atoms with Crippen molar-refractivity contribution in [1.82, 2.24) is 24.9 Å². The number of nitrogens with two attached hydrogens (primary N) is 1. The topological polar surface area (TPSA) is 158 Å². The van der Waals surface area contributed by atoms with E-state index in [1.54, 1.807) is 24.3 Å². The van der Waals surface area contributed by atoms with E-state index in [2.05, 4.69) is 26.0 Å². The second kappa shape index (κ2) is 10.9. The normalized spacial score (nSPS) is 13.8. The number of benzene rings is 1. The summed E-state index contributed by atoms with van der Waals surface area (Å²) in [6, 6.07) is 8.26. The van der Waals surface area contributed by atoms with Gasteiger partial charge in [-0.1, -0.05) is 19.1 Å². The van der Waals surface area contributed by atoms with Crippen LogP contribution in [0.1, 0.15) is 29.3 Å². The summed E-state index contributed by atoms with van der Waals surface area (Å²) in [6.45, 7) is 4.22. The van der Waals surface area contributed by atoms with Crippen LogP contribution in [0.3, 0.4) is 0 Å². The predicted octanol–water partition coefficient (Wildman–Crippen LogP) is 3.37. The van der Waals surface area contributed by atoms with Crippen LogP contribution < -0.4 is 26.1 Å². The molecule has 3 aromatic heterocycles. The lowest BCUT2D eigenvalue weighted by Gasteiger charge is -2.17. The summed E-state index contributed by atoms with van der Waals surface area (Å²) in [4.78, 5) is 33.7. The average molecular weight is 550 g/mol. The van der Waals surface area contributed by atoms with Gasteiger partial charge in [0.2, 0.25) is 5.88 Å². The first-order valence-corrected chi connectivity index (χ1v) is 14.3. The Morgan fingerprint density at radius 3 is 2.85 bits per heavy atom.